The number of unbranched alkanes of at least 4 members (excludes halogenated alkanes) is 2. The maximum absolute atomic E-state index is 11.0. The van der Waals surface area contributed by atoms with E-state index in [2.05, 4.69) is 6.92 Å². The molecule has 0 radical (unpaired) electrons. The van der Waals surface area contributed by atoms with Crippen molar-refractivity contribution in [1.29, 1.82) is 0 Å². The first-order valence-corrected chi connectivity index (χ1v) is 6.39. The summed E-state index contributed by atoms with van der Waals surface area (Å²) in [4.78, 5) is 11.0. The number of carbonyl (C=O) groups excluding carboxylic acids is 1. The van der Waals surface area contributed by atoms with E-state index < -0.39 is 0 Å². The highest BCUT2D eigenvalue weighted by Crippen LogP contribution is 2.34. The van der Waals surface area contributed by atoms with E-state index in [-0.39, 0.29) is 0 Å². The Balaban J connectivity index is 3.17. The second-order valence-corrected chi connectivity index (χ2v) is 4.38. The molecule has 0 aliphatic rings. The van der Waals surface area contributed by atoms with E-state index >= 15 is 0 Å². The summed E-state index contributed by atoms with van der Waals surface area (Å²) >= 11 is 0. The summed E-state index contributed by atoms with van der Waals surface area (Å²) in [6, 6.07) is 1.76. The minimum atomic E-state index is 0.547. The fraction of sp³-hybridized carbons (Fsp3) is 0.533. The molecule has 0 amide bonds. The largest absolute Gasteiger partial charge is 0.496 e. The van der Waals surface area contributed by atoms with E-state index in [0.29, 0.717) is 11.3 Å². The van der Waals surface area contributed by atoms with Gasteiger partial charge in [0.05, 0.1) is 19.8 Å². The van der Waals surface area contributed by atoms with Gasteiger partial charge in [0, 0.05) is 5.56 Å². The van der Waals surface area contributed by atoms with Crippen LogP contribution in [-0.2, 0) is 6.42 Å². The Morgan fingerprint density at radius 2 is 1.94 bits per heavy atom. The van der Waals surface area contributed by atoms with Gasteiger partial charge in [-0.3, -0.25) is 4.79 Å². The molecule has 0 aromatic heterocycles. The molecule has 18 heavy (non-hydrogen) atoms. The van der Waals surface area contributed by atoms with Gasteiger partial charge in [-0.15, -0.1) is 0 Å². The van der Waals surface area contributed by atoms with Crippen molar-refractivity contribution in [1.82, 2.24) is 0 Å². The Hall–Kier alpha value is -1.51. The Morgan fingerprint density at radius 1 is 1.22 bits per heavy atom. The van der Waals surface area contributed by atoms with Crippen LogP contribution in [0.15, 0.2) is 6.07 Å². The average molecular weight is 250 g/mol. The van der Waals surface area contributed by atoms with Crippen molar-refractivity contribution in [3.63, 3.8) is 0 Å². The van der Waals surface area contributed by atoms with Gasteiger partial charge in [0.2, 0.25) is 0 Å². The highest BCUT2D eigenvalue weighted by atomic mass is 16.5. The maximum Gasteiger partial charge on any atom is 0.153 e. The molecule has 0 aliphatic heterocycles. The minimum Gasteiger partial charge on any atom is -0.496 e. The second-order valence-electron chi connectivity index (χ2n) is 4.38. The molecular weight excluding hydrogens is 228 g/mol. The van der Waals surface area contributed by atoms with Crippen molar-refractivity contribution in [2.75, 3.05) is 14.2 Å². The lowest BCUT2D eigenvalue weighted by Crippen LogP contribution is -2.02. The molecule has 0 aliphatic carbocycles. The molecule has 0 bridgehead atoms. The zero-order valence-electron chi connectivity index (χ0n) is 11.7. The van der Waals surface area contributed by atoms with E-state index in [0.717, 1.165) is 36.0 Å². The van der Waals surface area contributed by atoms with Gasteiger partial charge in [0.15, 0.2) is 6.29 Å². The van der Waals surface area contributed by atoms with Gasteiger partial charge in [-0.25, -0.2) is 0 Å². The lowest BCUT2D eigenvalue weighted by atomic mass is 9.97. The third-order valence-electron chi connectivity index (χ3n) is 3.22. The summed E-state index contributed by atoms with van der Waals surface area (Å²) in [7, 11) is 3.23. The van der Waals surface area contributed by atoms with Crippen molar-refractivity contribution in [2.24, 2.45) is 0 Å². The van der Waals surface area contributed by atoms with Gasteiger partial charge in [0.1, 0.15) is 11.5 Å². The van der Waals surface area contributed by atoms with Gasteiger partial charge >= 0.3 is 0 Å². The van der Waals surface area contributed by atoms with Crippen LogP contribution in [0.1, 0.15) is 47.7 Å². The summed E-state index contributed by atoms with van der Waals surface area (Å²) in [6.45, 7) is 4.16. The molecule has 1 rings (SSSR count). The number of carbonyl (C=O) groups is 1. The van der Waals surface area contributed by atoms with Crippen LogP contribution in [0.3, 0.4) is 0 Å². The first-order valence-electron chi connectivity index (χ1n) is 6.39. The van der Waals surface area contributed by atoms with Gasteiger partial charge in [-0.1, -0.05) is 19.8 Å². The lowest BCUT2D eigenvalue weighted by molar-refractivity contribution is 0.112. The molecule has 1 aromatic rings. The van der Waals surface area contributed by atoms with Crippen LogP contribution in [0.25, 0.3) is 0 Å². The third-order valence-corrected chi connectivity index (χ3v) is 3.22. The van der Waals surface area contributed by atoms with E-state index in [9.17, 15) is 4.79 Å². The molecule has 3 heteroatoms. The first-order chi connectivity index (χ1) is 8.69. The molecule has 0 spiro atoms. The predicted molar refractivity (Wildman–Crippen MR) is 72.9 cm³/mol. The van der Waals surface area contributed by atoms with E-state index in [4.69, 9.17) is 9.47 Å². The highest BCUT2D eigenvalue weighted by Gasteiger charge is 2.15. The number of benzene rings is 1. The van der Waals surface area contributed by atoms with Crippen molar-refractivity contribution < 1.29 is 14.3 Å². The molecule has 100 valence electrons. The number of hydrogen-bond acceptors (Lipinski definition) is 3. The lowest BCUT2D eigenvalue weighted by Gasteiger charge is -2.16. The fourth-order valence-corrected chi connectivity index (χ4v) is 2.24. The molecule has 0 fully saturated rings. The molecule has 0 heterocycles. The summed E-state index contributed by atoms with van der Waals surface area (Å²) < 4.78 is 10.7. The SMILES string of the molecule is CCCCCc1c(OC)cc(C=O)c(OC)c1C. The average Bonchev–Trinajstić information content (AvgIpc) is 2.39. The van der Waals surface area contributed by atoms with Gasteiger partial charge in [-0.05, 0) is 31.4 Å². The molecule has 0 saturated carbocycles. The molecule has 0 unspecified atom stereocenters. The summed E-state index contributed by atoms with van der Waals surface area (Å²) in [6.07, 6.45) is 5.27. The Bertz CT molecular complexity index is 411. The predicted octanol–water partition coefficient (Wildman–Crippen LogP) is 3.56. The van der Waals surface area contributed by atoms with Crippen LogP contribution < -0.4 is 9.47 Å². The fourth-order valence-electron chi connectivity index (χ4n) is 2.24. The standard InChI is InChI=1S/C15H22O3/c1-5-6-7-8-13-11(2)15(18-4)12(10-16)9-14(13)17-3/h9-10H,5-8H2,1-4H3. The van der Waals surface area contributed by atoms with Crippen LogP contribution in [0.5, 0.6) is 11.5 Å². The van der Waals surface area contributed by atoms with Crippen LogP contribution >= 0.6 is 0 Å². The molecule has 0 saturated heterocycles. The Morgan fingerprint density at radius 3 is 2.44 bits per heavy atom. The molecule has 0 N–H and O–H groups in total. The summed E-state index contributed by atoms with van der Waals surface area (Å²) in [5.74, 6) is 1.45. The van der Waals surface area contributed by atoms with Crippen LogP contribution in [0, 0.1) is 6.92 Å². The second kappa shape index (κ2) is 7.04. The number of aldehydes is 1. The van der Waals surface area contributed by atoms with Crippen LogP contribution in [0.2, 0.25) is 0 Å². The van der Waals surface area contributed by atoms with Gasteiger partial charge in [-0.2, -0.15) is 0 Å². The smallest absolute Gasteiger partial charge is 0.153 e. The number of rotatable bonds is 7. The van der Waals surface area contributed by atoms with Gasteiger partial charge < -0.3 is 9.47 Å². The molecule has 1 aromatic carbocycles. The number of hydrogen-bond donors (Lipinski definition) is 0. The van der Waals surface area contributed by atoms with Gasteiger partial charge in [0.25, 0.3) is 0 Å². The van der Waals surface area contributed by atoms with E-state index in [1.807, 2.05) is 6.92 Å². The normalized spacial score (nSPS) is 10.2. The number of ether oxygens (including phenoxy) is 2. The van der Waals surface area contributed by atoms with E-state index in [1.165, 1.54) is 12.8 Å². The van der Waals surface area contributed by atoms with Crippen LogP contribution in [0.4, 0.5) is 0 Å². The molecule has 3 nitrogen and oxygen atoms in total. The van der Waals surface area contributed by atoms with Crippen molar-refractivity contribution >= 4 is 6.29 Å². The quantitative estimate of drug-likeness (QED) is 0.548. The summed E-state index contributed by atoms with van der Waals surface area (Å²) in [5, 5.41) is 0. The Kier molecular flexibility index (Phi) is 5.69. The minimum absolute atomic E-state index is 0.547. The van der Waals surface area contributed by atoms with Crippen LogP contribution in [-0.4, -0.2) is 20.5 Å². The molecular formula is C15H22O3. The Labute approximate surface area is 109 Å². The van der Waals surface area contributed by atoms with Crippen molar-refractivity contribution in [3.05, 3.63) is 22.8 Å². The highest BCUT2D eigenvalue weighted by molar-refractivity contribution is 5.82. The zero-order valence-corrected chi connectivity index (χ0v) is 11.7. The van der Waals surface area contributed by atoms with Crippen molar-refractivity contribution in [3.8, 4) is 11.5 Å². The van der Waals surface area contributed by atoms with Crippen molar-refractivity contribution in [2.45, 2.75) is 39.5 Å². The monoisotopic (exact) mass is 250 g/mol. The third kappa shape index (κ3) is 3.03. The maximum atomic E-state index is 11.0. The first kappa shape index (κ1) is 14.6. The molecule has 0 atom stereocenters. The number of methoxy groups -OCH3 is 2. The topological polar surface area (TPSA) is 35.5 Å². The zero-order chi connectivity index (χ0) is 13.5. The van der Waals surface area contributed by atoms with E-state index in [1.54, 1.807) is 20.3 Å². The summed E-state index contributed by atoms with van der Waals surface area (Å²) in [5.41, 5.74) is 2.70.